The predicted octanol–water partition coefficient (Wildman–Crippen LogP) is 2.30. The van der Waals surface area contributed by atoms with Gasteiger partial charge in [-0.15, -0.1) is 24.0 Å². The minimum Gasteiger partial charge on any atom is -0.357 e. The van der Waals surface area contributed by atoms with Gasteiger partial charge in [-0.05, 0) is 34.2 Å². The zero-order chi connectivity index (χ0) is 13.1. The second kappa shape index (κ2) is 13.4. The van der Waals surface area contributed by atoms with Gasteiger partial charge >= 0.3 is 0 Å². The third-order valence-electron chi connectivity index (χ3n) is 2.76. The highest BCUT2D eigenvalue weighted by atomic mass is 127. The van der Waals surface area contributed by atoms with Gasteiger partial charge in [0.05, 0.1) is 0 Å². The maximum Gasteiger partial charge on any atom is 0.191 e. The van der Waals surface area contributed by atoms with Crippen molar-refractivity contribution in [2.45, 2.75) is 46.6 Å². The summed E-state index contributed by atoms with van der Waals surface area (Å²) in [6, 6.07) is 0.594. The lowest BCUT2D eigenvalue weighted by Gasteiger charge is -2.21. The van der Waals surface area contributed by atoms with E-state index in [1.165, 1.54) is 6.42 Å². The van der Waals surface area contributed by atoms with Crippen LogP contribution in [0, 0.1) is 0 Å². The number of halogens is 1. The molecule has 0 fully saturated rings. The van der Waals surface area contributed by atoms with Gasteiger partial charge in [-0.2, -0.15) is 0 Å². The minimum atomic E-state index is 0. The van der Waals surface area contributed by atoms with Gasteiger partial charge in [0.2, 0.25) is 0 Å². The fraction of sp³-hybridized carbons (Fsp3) is 0.923. The molecule has 110 valence electrons. The first kappa shape index (κ1) is 20.3. The van der Waals surface area contributed by atoms with Crippen LogP contribution in [0.4, 0.5) is 0 Å². The molecule has 0 aliphatic carbocycles. The Balaban J connectivity index is 0. The molecule has 0 aromatic carbocycles. The van der Waals surface area contributed by atoms with Crippen molar-refractivity contribution in [3.05, 3.63) is 0 Å². The van der Waals surface area contributed by atoms with Gasteiger partial charge in [-0.3, -0.25) is 4.99 Å². The molecule has 0 atom stereocenters. The molecule has 0 spiro atoms. The van der Waals surface area contributed by atoms with E-state index >= 15 is 0 Å². The largest absolute Gasteiger partial charge is 0.357 e. The van der Waals surface area contributed by atoms with E-state index in [2.05, 4.69) is 55.3 Å². The Labute approximate surface area is 130 Å². The van der Waals surface area contributed by atoms with Crippen molar-refractivity contribution in [2.24, 2.45) is 4.99 Å². The highest BCUT2D eigenvalue weighted by Crippen LogP contribution is 1.91. The Morgan fingerprint density at radius 2 is 1.89 bits per heavy atom. The molecule has 0 rings (SSSR count). The fourth-order valence-corrected chi connectivity index (χ4v) is 1.30. The molecule has 5 heteroatoms. The van der Waals surface area contributed by atoms with Crippen LogP contribution in [0.15, 0.2) is 4.99 Å². The Bertz CT molecular complexity index is 207. The third kappa shape index (κ3) is 11.1. The number of unbranched alkanes of at least 4 members (excludes halogenated alkanes) is 1. The first-order valence-corrected chi connectivity index (χ1v) is 6.84. The predicted molar refractivity (Wildman–Crippen MR) is 92.1 cm³/mol. The second-order valence-electron chi connectivity index (χ2n) is 4.62. The van der Waals surface area contributed by atoms with Crippen LogP contribution < -0.4 is 10.6 Å². The van der Waals surface area contributed by atoms with Crippen LogP contribution in [0.2, 0.25) is 0 Å². The van der Waals surface area contributed by atoms with Crippen LogP contribution in [-0.4, -0.2) is 50.1 Å². The number of hydrogen-bond donors (Lipinski definition) is 2. The van der Waals surface area contributed by atoms with Crippen LogP contribution >= 0.6 is 24.0 Å². The topological polar surface area (TPSA) is 39.7 Å². The van der Waals surface area contributed by atoms with E-state index in [9.17, 15) is 0 Å². The highest BCUT2D eigenvalue weighted by Gasteiger charge is 2.02. The van der Waals surface area contributed by atoms with Gasteiger partial charge < -0.3 is 15.5 Å². The van der Waals surface area contributed by atoms with Crippen LogP contribution in [0.1, 0.15) is 40.5 Å². The summed E-state index contributed by atoms with van der Waals surface area (Å²) in [7, 11) is 2.15. The van der Waals surface area contributed by atoms with Gasteiger partial charge in [0, 0.05) is 32.2 Å². The molecule has 0 amide bonds. The standard InChI is InChI=1S/C13H30N4.HI/c1-6-8-9-15-13(14-7-2)16-10-11-17(5)12(3)4;/h12H,6-11H2,1-5H3,(H2,14,15,16);1H. The van der Waals surface area contributed by atoms with Gasteiger partial charge in [-0.25, -0.2) is 0 Å². The van der Waals surface area contributed by atoms with E-state index in [1.54, 1.807) is 0 Å². The number of likely N-dealkylation sites (N-methyl/N-ethyl adjacent to an activating group) is 1. The van der Waals surface area contributed by atoms with Crippen LogP contribution in [0.3, 0.4) is 0 Å². The number of nitrogens with zero attached hydrogens (tertiary/aromatic N) is 2. The van der Waals surface area contributed by atoms with E-state index in [0.717, 1.165) is 38.6 Å². The fourth-order valence-electron chi connectivity index (χ4n) is 1.30. The van der Waals surface area contributed by atoms with Crippen LogP contribution in [0.5, 0.6) is 0 Å². The van der Waals surface area contributed by atoms with Gasteiger partial charge in [-0.1, -0.05) is 13.3 Å². The number of nitrogens with one attached hydrogen (secondary N) is 2. The molecule has 0 radical (unpaired) electrons. The van der Waals surface area contributed by atoms with Crippen LogP contribution in [0.25, 0.3) is 0 Å². The first-order valence-electron chi connectivity index (χ1n) is 6.84. The smallest absolute Gasteiger partial charge is 0.191 e. The molecule has 0 heterocycles. The molecule has 0 aliphatic heterocycles. The molecule has 4 nitrogen and oxygen atoms in total. The summed E-state index contributed by atoms with van der Waals surface area (Å²) in [5.74, 6) is 0.943. The number of hydrogen-bond acceptors (Lipinski definition) is 2. The SMILES string of the molecule is CCCCN=C(NCC)NCCN(C)C(C)C.I. The zero-order valence-corrected chi connectivity index (χ0v) is 15.0. The van der Waals surface area contributed by atoms with Crippen LogP contribution in [-0.2, 0) is 0 Å². The van der Waals surface area contributed by atoms with Crippen molar-refractivity contribution in [1.29, 1.82) is 0 Å². The Kier molecular flexibility index (Phi) is 15.1. The average molecular weight is 370 g/mol. The summed E-state index contributed by atoms with van der Waals surface area (Å²) in [6.07, 6.45) is 2.35. The van der Waals surface area contributed by atoms with E-state index in [4.69, 9.17) is 0 Å². The lowest BCUT2D eigenvalue weighted by atomic mass is 10.3. The Hall–Kier alpha value is -0.0400. The summed E-state index contributed by atoms with van der Waals surface area (Å²) >= 11 is 0. The van der Waals surface area contributed by atoms with Crippen molar-refractivity contribution in [1.82, 2.24) is 15.5 Å². The Morgan fingerprint density at radius 3 is 2.39 bits per heavy atom. The van der Waals surface area contributed by atoms with Crippen molar-refractivity contribution in [2.75, 3.05) is 33.2 Å². The van der Waals surface area contributed by atoms with E-state index < -0.39 is 0 Å². The average Bonchev–Trinajstić information content (AvgIpc) is 2.29. The molecule has 2 N–H and O–H groups in total. The maximum atomic E-state index is 4.52. The molecule has 0 aliphatic rings. The summed E-state index contributed by atoms with van der Waals surface area (Å²) in [5.41, 5.74) is 0. The quantitative estimate of drug-likeness (QED) is 0.298. The molecule has 0 aromatic heterocycles. The van der Waals surface area contributed by atoms with Gasteiger partial charge in [0.1, 0.15) is 0 Å². The molecular formula is C13H31IN4. The summed E-state index contributed by atoms with van der Waals surface area (Å²) in [6.45, 7) is 12.5. The van der Waals surface area contributed by atoms with Gasteiger partial charge in [0.25, 0.3) is 0 Å². The van der Waals surface area contributed by atoms with Crippen molar-refractivity contribution >= 4 is 29.9 Å². The number of rotatable bonds is 8. The maximum absolute atomic E-state index is 4.52. The molecule has 0 unspecified atom stereocenters. The Morgan fingerprint density at radius 1 is 1.22 bits per heavy atom. The van der Waals surface area contributed by atoms with Crippen molar-refractivity contribution in [3.63, 3.8) is 0 Å². The zero-order valence-electron chi connectivity index (χ0n) is 12.6. The van der Waals surface area contributed by atoms with E-state index in [0.29, 0.717) is 6.04 Å². The molecule has 18 heavy (non-hydrogen) atoms. The second-order valence-corrected chi connectivity index (χ2v) is 4.62. The monoisotopic (exact) mass is 370 g/mol. The van der Waals surface area contributed by atoms with Crippen molar-refractivity contribution < 1.29 is 0 Å². The summed E-state index contributed by atoms with van der Waals surface area (Å²) in [5, 5.41) is 6.63. The molecule has 0 bridgehead atoms. The molecule has 0 saturated heterocycles. The minimum absolute atomic E-state index is 0. The lowest BCUT2D eigenvalue weighted by Crippen LogP contribution is -2.42. The highest BCUT2D eigenvalue weighted by molar-refractivity contribution is 14.0. The normalized spacial score (nSPS) is 11.6. The molecule has 0 aromatic rings. The van der Waals surface area contributed by atoms with Crippen molar-refractivity contribution in [3.8, 4) is 0 Å². The number of guanidine groups is 1. The first-order chi connectivity index (χ1) is 8.11. The third-order valence-corrected chi connectivity index (χ3v) is 2.76. The van der Waals surface area contributed by atoms with E-state index in [-0.39, 0.29) is 24.0 Å². The molecular weight excluding hydrogens is 339 g/mol. The summed E-state index contributed by atoms with van der Waals surface area (Å²) < 4.78 is 0. The number of aliphatic imine (C=N–C) groups is 1. The lowest BCUT2D eigenvalue weighted by molar-refractivity contribution is 0.278. The molecule has 0 saturated carbocycles. The van der Waals surface area contributed by atoms with Gasteiger partial charge in [0.15, 0.2) is 5.96 Å². The summed E-state index contributed by atoms with van der Waals surface area (Å²) in [4.78, 5) is 6.84. The van der Waals surface area contributed by atoms with E-state index in [1.807, 2.05) is 0 Å².